The lowest BCUT2D eigenvalue weighted by Gasteiger charge is -2.07. The van der Waals surface area contributed by atoms with E-state index in [9.17, 15) is 18.4 Å². The summed E-state index contributed by atoms with van der Waals surface area (Å²) in [6, 6.07) is 11.7. The van der Waals surface area contributed by atoms with Gasteiger partial charge >= 0.3 is 12.3 Å². The maximum Gasteiger partial charge on any atom is 0.586 e. The number of ether oxygens (including phenoxy) is 3. The summed E-state index contributed by atoms with van der Waals surface area (Å²) in [6.45, 7) is -0.476. The second kappa shape index (κ2) is 8.02. The number of carbonyl (C=O) groups is 2. The minimum absolute atomic E-state index is 0.125. The number of carbonyl (C=O) groups excluding carboxylic acids is 2. The number of aromatic amines is 1. The van der Waals surface area contributed by atoms with E-state index in [0.717, 1.165) is 16.5 Å². The van der Waals surface area contributed by atoms with Gasteiger partial charge in [-0.2, -0.15) is 0 Å². The summed E-state index contributed by atoms with van der Waals surface area (Å²) in [6.07, 6.45) is -0.352. The van der Waals surface area contributed by atoms with Crippen LogP contribution in [0, 0.1) is 0 Å². The summed E-state index contributed by atoms with van der Waals surface area (Å²) in [5.74, 6) is -1.40. The lowest BCUT2D eigenvalue weighted by atomic mass is 10.1. The molecule has 156 valence electrons. The standard InChI is InChI=1S/C21H18F2N2O5/c22-21(23)29-17-9-8-14(10-18(17)30-21)25-19(26)12-28-20(27)7-3-4-13-11-24-16-6-2-1-5-15(13)16/h1-2,5-6,8-11,24H,3-4,7,12H2,(H,25,26). The van der Waals surface area contributed by atoms with Crippen molar-refractivity contribution in [3.05, 3.63) is 54.2 Å². The number of esters is 1. The van der Waals surface area contributed by atoms with E-state index in [1.807, 2.05) is 30.5 Å². The molecule has 2 heterocycles. The molecule has 1 aliphatic heterocycles. The molecule has 4 rings (SSSR count). The Hall–Kier alpha value is -3.62. The monoisotopic (exact) mass is 416 g/mol. The largest absolute Gasteiger partial charge is 0.586 e. The number of aromatic nitrogens is 1. The number of rotatable bonds is 7. The third-order valence-corrected chi connectivity index (χ3v) is 4.55. The van der Waals surface area contributed by atoms with Crippen LogP contribution in [0.3, 0.4) is 0 Å². The first-order valence-corrected chi connectivity index (χ1v) is 9.30. The molecular formula is C21H18F2N2O5. The van der Waals surface area contributed by atoms with E-state index in [0.29, 0.717) is 12.8 Å². The molecule has 0 fully saturated rings. The number of aryl methyl sites for hydroxylation is 1. The van der Waals surface area contributed by atoms with Gasteiger partial charge in [-0.25, -0.2) is 0 Å². The number of benzene rings is 2. The van der Waals surface area contributed by atoms with Crippen molar-refractivity contribution in [3.63, 3.8) is 0 Å². The molecule has 1 aliphatic rings. The molecule has 0 unspecified atom stereocenters. The molecule has 0 bridgehead atoms. The van der Waals surface area contributed by atoms with Crippen molar-refractivity contribution < 1.29 is 32.6 Å². The summed E-state index contributed by atoms with van der Waals surface area (Å²) in [5, 5.41) is 3.57. The molecule has 0 saturated heterocycles. The number of amides is 1. The SMILES string of the molecule is O=C(COC(=O)CCCc1c[nH]c2ccccc12)Nc1ccc2c(c1)OC(F)(F)O2. The molecule has 0 radical (unpaired) electrons. The Morgan fingerprint density at radius 1 is 1.10 bits per heavy atom. The third-order valence-electron chi connectivity index (χ3n) is 4.55. The fourth-order valence-electron chi connectivity index (χ4n) is 3.20. The van der Waals surface area contributed by atoms with Gasteiger partial charge in [0.25, 0.3) is 5.91 Å². The summed E-state index contributed by atoms with van der Waals surface area (Å²) >= 11 is 0. The molecule has 1 aromatic heterocycles. The van der Waals surface area contributed by atoms with Crippen LogP contribution in [0.15, 0.2) is 48.7 Å². The predicted molar refractivity (Wildman–Crippen MR) is 103 cm³/mol. The van der Waals surface area contributed by atoms with Crippen LogP contribution >= 0.6 is 0 Å². The second-order valence-electron chi connectivity index (χ2n) is 6.75. The van der Waals surface area contributed by atoms with Crippen LogP contribution < -0.4 is 14.8 Å². The Morgan fingerprint density at radius 3 is 2.77 bits per heavy atom. The van der Waals surface area contributed by atoms with E-state index >= 15 is 0 Å². The van der Waals surface area contributed by atoms with Crippen LogP contribution in [-0.2, 0) is 20.7 Å². The Labute approximate surface area is 169 Å². The highest BCUT2D eigenvalue weighted by atomic mass is 19.3. The zero-order valence-electron chi connectivity index (χ0n) is 15.7. The Morgan fingerprint density at radius 2 is 1.90 bits per heavy atom. The summed E-state index contributed by atoms with van der Waals surface area (Å²) in [7, 11) is 0. The molecule has 0 atom stereocenters. The van der Waals surface area contributed by atoms with Crippen molar-refractivity contribution in [1.82, 2.24) is 4.98 Å². The van der Waals surface area contributed by atoms with E-state index < -0.39 is 24.8 Å². The van der Waals surface area contributed by atoms with E-state index in [2.05, 4.69) is 19.8 Å². The summed E-state index contributed by atoms with van der Waals surface area (Å²) in [4.78, 5) is 27.0. The average Bonchev–Trinajstić information content (AvgIpc) is 3.25. The van der Waals surface area contributed by atoms with Gasteiger partial charge in [-0.05, 0) is 36.6 Å². The van der Waals surface area contributed by atoms with Gasteiger partial charge in [0.2, 0.25) is 0 Å². The Bertz CT molecular complexity index is 1100. The second-order valence-corrected chi connectivity index (χ2v) is 6.75. The number of H-pyrrole nitrogens is 1. The van der Waals surface area contributed by atoms with Gasteiger partial charge in [0.05, 0.1) is 0 Å². The summed E-state index contributed by atoms with van der Waals surface area (Å²) < 4.78 is 39.6. The van der Waals surface area contributed by atoms with Crippen LogP contribution in [0.4, 0.5) is 14.5 Å². The van der Waals surface area contributed by atoms with Gasteiger partial charge in [-0.1, -0.05) is 18.2 Å². The van der Waals surface area contributed by atoms with Crippen molar-refractivity contribution in [1.29, 1.82) is 0 Å². The zero-order valence-corrected chi connectivity index (χ0v) is 15.7. The first-order chi connectivity index (χ1) is 14.4. The highest BCUT2D eigenvalue weighted by Gasteiger charge is 2.43. The minimum Gasteiger partial charge on any atom is -0.456 e. The lowest BCUT2D eigenvalue weighted by Crippen LogP contribution is -2.25. The molecule has 2 aromatic carbocycles. The topological polar surface area (TPSA) is 89.7 Å². The number of para-hydroxylation sites is 1. The molecular weight excluding hydrogens is 398 g/mol. The van der Waals surface area contributed by atoms with E-state index in [-0.39, 0.29) is 23.6 Å². The van der Waals surface area contributed by atoms with Crippen LogP contribution in [0.25, 0.3) is 10.9 Å². The molecule has 3 aromatic rings. The van der Waals surface area contributed by atoms with Crippen LogP contribution in [0.2, 0.25) is 0 Å². The van der Waals surface area contributed by atoms with Gasteiger partial charge in [-0.15, -0.1) is 8.78 Å². The van der Waals surface area contributed by atoms with Crippen LogP contribution in [0.1, 0.15) is 18.4 Å². The lowest BCUT2D eigenvalue weighted by molar-refractivity contribution is -0.286. The predicted octanol–water partition coefficient (Wildman–Crippen LogP) is 3.99. The molecule has 1 amide bonds. The van der Waals surface area contributed by atoms with Crippen LogP contribution in [0.5, 0.6) is 11.5 Å². The number of anilines is 1. The number of alkyl halides is 2. The van der Waals surface area contributed by atoms with E-state index in [4.69, 9.17) is 4.74 Å². The quantitative estimate of drug-likeness (QED) is 0.569. The fraction of sp³-hybridized carbons (Fsp3) is 0.238. The number of hydrogen-bond acceptors (Lipinski definition) is 5. The Balaban J connectivity index is 1.20. The Kier molecular flexibility index (Phi) is 5.26. The van der Waals surface area contributed by atoms with Crippen molar-refractivity contribution >= 4 is 28.5 Å². The number of hydrogen-bond donors (Lipinski definition) is 2. The van der Waals surface area contributed by atoms with Gasteiger partial charge in [0.15, 0.2) is 18.1 Å². The van der Waals surface area contributed by atoms with Gasteiger partial charge in [0.1, 0.15) is 0 Å². The molecule has 2 N–H and O–H groups in total. The van der Waals surface area contributed by atoms with Crippen molar-refractivity contribution in [3.8, 4) is 11.5 Å². The highest BCUT2D eigenvalue weighted by molar-refractivity contribution is 5.93. The fourth-order valence-corrected chi connectivity index (χ4v) is 3.20. The maximum absolute atomic E-state index is 13.0. The number of nitrogens with one attached hydrogen (secondary N) is 2. The van der Waals surface area contributed by atoms with Gasteiger partial charge < -0.3 is 24.5 Å². The number of fused-ring (bicyclic) bond motifs is 2. The van der Waals surface area contributed by atoms with E-state index in [1.54, 1.807) is 0 Å². The smallest absolute Gasteiger partial charge is 0.456 e. The molecule has 30 heavy (non-hydrogen) atoms. The van der Waals surface area contributed by atoms with Crippen molar-refractivity contribution in [2.75, 3.05) is 11.9 Å². The molecule has 0 aliphatic carbocycles. The van der Waals surface area contributed by atoms with Crippen molar-refractivity contribution in [2.24, 2.45) is 0 Å². The normalized spacial score (nSPS) is 13.9. The molecule has 9 heteroatoms. The molecule has 7 nitrogen and oxygen atoms in total. The highest BCUT2D eigenvalue weighted by Crippen LogP contribution is 2.42. The maximum atomic E-state index is 13.0. The van der Waals surface area contributed by atoms with Gasteiger partial charge in [0, 0.05) is 35.3 Å². The first-order valence-electron chi connectivity index (χ1n) is 9.30. The average molecular weight is 416 g/mol. The van der Waals surface area contributed by atoms with Crippen molar-refractivity contribution in [2.45, 2.75) is 25.6 Å². The zero-order chi connectivity index (χ0) is 21.1. The van der Waals surface area contributed by atoms with Gasteiger partial charge in [-0.3, -0.25) is 9.59 Å². The molecule has 0 spiro atoms. The minimum atomic E-state index is -3.73. The van der Waals surface area contributed by atoms with E-state index in [1.165, 1.54) is 18.2 Å². The first kappa shape index (κ1) is 19.7. The van der Waals surface area contributed by atoms with Crippen LogP contribution in [-0.4, -0.2) is 29.8 Å². The third kappa shape index (κ3) is 4.51. The molecule has 0 saturated carbocycles. The summed E-state index contributed by atoms with van der Waals surface area (Å²) in [5.41, 5.74) is 2.37. The number of halogens is 2.